The molecule has 2 saturated carbocycles. The molecule has 6 heteroatoms. The maximum atomic E-state index is 13.8. The number of benzene rings is 1. The summed E-state index contributed by atoms with van der Waals surface area (Å²) in [4.78, 5) is 29.3. The summed E-state index contributed by atoms with van der Waals surface area (Å²) >= 11 is 0. The van der Waals surface area contributed by atoms with E-state index in [1.165, 1.54) is 12.5 Å². The van der Waals surface area contributed by atoms with Gasteiger partial charge in [-0.05, 0) is 62.1 Å². The number of rotatable bonds is 2. The number of hydrogen-bond donors (Lipinski definition) is 1. The quantitative estimate of drug-likeness (QED) is 0.848. The van der Waals surface area contributed by atoms with Gasteiger partial charge in [0.1, 0.15) is 5.82 Å². The molecule has 1 aromatic carbocycles. The van der Waals surface area contributed by atoms with E-state index in [4.69, 9.17) is 5.73 Å². The third-order valence-electron chi connectivity index (χ3n) is 7.06. The largest absolute Gasteiger partial charge is 0.339 e. The number of halogens is 1. The van der Waals surface area contributed by atoms with Gasteiger partial charge in [-0.15, -0.1) is 0 Å². The Morgan fingerprint density at radius 1 is 1.04 bits per heavy atom. The number of piperazine rings is 1. The second-order valence-electron chi connectivity index (χ2n) is 8.78. The Hall–Kier alpha value is -1.95. The van der Waals surface area contributed by atoms with Crippen LogP contribution in [0, 0.1) is 30.5 Å². The lowest BCUT2D eigenvalue weighted by Crippen LogP contribution is -2.54. The molecule has 1 saturated heterocycles. The van der Waals surface area contributed by atoms with E-state index in [-0.39, 0.29) is 29.6 Å². The zero-order valence-electron chi connectivity index (χ0n) is 16.6. The Morgan fingerprint density at radius 3 is 2.25 bits per heavy atom. The predicted molar refractivity (Wildman–Crippen MR) is 105 cm³/mol. The molecule has 3 fully saturated rings. The van der Waals surface area contributed by atoms with Crippen LogP contribution in [0.1, 0.15) is 48.0 Å². The fourth-order valence-electron chi connectivity index (χ4n) is 5.29. The molecule has 152 valence electrons. The third kappa shape index (κ3) is 3.66. The average Bonchev–Trinajstić information content (AvgIpc) is 2.69. The number of carbonyl (C=O) groups excluding carboxylic acids is 2. The van der Waals surface area contributed by atoms with Gasteiger partial charge in [0.25, 0.3) is 5.91 Å². The number of amides is 2. The molecule has 2 amide bonds. The van der Waals surface area contributed by atoms with Gasteiger partial charge in [-0.2, -0.15) is 0 Å². The molecule has 0 radical (unpaired) electrons. The van der Waals surface area contributed by atoms with Crippen LogP contribution in [-0.4, -0.2) is 53.8 Å². The number of aryl methyl sites for hydroxylation is 1. The van der Waals surface area contributed by atoms with Crippen molar-refractivity contribution in [3.8, 4) is 0 Å². The van der Waals surface area contributed by atoms with Gasteiger partial charge in [0.2, 0.25) is 5.91 Å². The van der Waals surface area contributed by atoms with Crippen molar-refractivity contribution in [2.24, 2.45) is 23.5 Å². The average molecular weight is 387 g/mol. The van der Waals surface area contributed by atoms with Crippen LogP contribution in [0.15, 0.2) is 18.2 Å². The highest BCUT2D eigenvalue weighted by Crippen LogP contribution is 2.42. The minimum atomic E-state index is -0.360. The molecule has 2 aliphatic carbocycles. The van der Waals surface area contributed by atoms with Crippen molar-refractivity contribution in [3.63, 3.8) is 0 Å². The highest BCUT2D eigenvalue weighted by molar-refractivity contribution is 5.94. The Labute approximate surface area is 166 Å². The molecule has 2 N–H and O–H groups in total. The minimum Gasteiger partial charge on any atom is -0.339 e. The molecule has 1 heterocycles. The number of fused-ring (bicyclic) bond motifs is 2. The van der Waals surface area contributed by atoms with Gasteiger partial charge in [-0.1, -0.05) is 12.5 Å². The maximum Gasteiger partial charge on any atom is 0.254 e. The van der Waals surface area contributed by atoms with Gasteiger partial charge >= 0.3 is 0 Å². The lowest BCUT2D eigenvalue weighted by molar-refractivity contribution is -0.140. The SMILES string of the molecule is Cc1ccc(C(=O)N2CCN(C(=O)C3CC4CCCC(C3)C4N)CC2)cc1F. The van der Waals surface area contributed by atoms with Gasteiger partial charge < -0.3 is 15.5 Å². The van der Waals surface area contributed by atoms with Gasteiger partial charge in [0.15, 0.2) is 0 Å². The van der Waals surface area contributed by atoms with Gasteiger partial charge in [-0.25, -0.2) is 4.39 Å². The predicted octanol–water partition coefficient (Wildman–Crippen LogP) is 2.57. The summed E-state index contributed by atoms with van der Waals surface area (Å²) in [6, 6.07) is 4.87. The van der Waals surface area contributed by atoms with Crippen LogP contribution in [-0.2, 0) is 4.79 Å². The Bertz CT molecular complexity index is 746. The van der Waals surface area contributed by atoms with Crippen LogP contribution in [0.3, 0.4) is 0 Å². The molecule has 28 heavy (non-hydrogen) atoms. The van der Waals surface area contributed by atoms with Gasteiger partial charge in [0, 0.05) is 43.7 Å². The van der Waals surface area contributed by atoms with Crippen molar-refractivity contribution in [2.45, 2.75) is 45.1 Å². The van der Waals surface area contributed by atoms with Gasteiger partial charge in [-0.3, -0.25) is 9.59 Å². The highest BCUT2D eigenvalue weighted by atomic mass is 19.1. The van der Waals surface area contributed by atoms with Crippen LogP contribution in [0.2, 0.25) is 0 Å². The van der Waals surface area contributed by atoms with Crippen molar-refractivity contribution in [2.75, 3.05) is 26.2 Å². The first-order valence-electron chi connectivity index (χ1n) is 10.5. The third-order valence-corrected chi connectivity index (χ3v) is 7.06. The monoisotopic (exact) mass is 387 g/mol. The molecule has 2 unspecified atom stereocenters. The van der Waals surface area contributed by atoms with E-state index in [0.717, 1.165) is 25.7 Å². The van der Waals surface area contributed by atoms with Crippen LogP contribution < -0.4 is 5.73 Å². The molecular formula is C22H30FN3O2. The molecule has 0 spiro atoms. The maximum absolute atomic E-state index is 13.8. The molecule has 0 aromatic heterocycles. The molecule has 5 nitrogen and oxygen atoms in total. The number of hydrogen-bond acceptors (Lipinski definition) is 3. The van der Waals surface area contributed by atoms with E-state index in [9.17, 15) is 14.0 Å². The van der Waals surface area contributed by atoms with Crippen LogP contribution >= 0.6 is 0 Å². The highest BCUT2D eigenvalue weighted by Gasteiger charge is 2.42. The second kappa shape index (κ2) is 7.82. The van der Waals surface area contributed by atoms with E-state index in [1.807, 2.05) is 4.90 Å². The summed E-state index contributed by atoms with van der Waals surface area (Å²) < 4.78 is 13.8. The summed E-state index contributed by atoms with van der Waals surface area (Å²) in [6.07, 6.45) is 5.37. The zero-order valence-corrected chi connectivity index (χ0v) is 16.6. The molecule has 2 bridgehead atoms. The summed E-state index contributed by atoms with van der Waals surface area (Å²) in [7, 11) is 0. The lowest BCUT2D eigenvalue weighted by atomic mass is 9.65. The Balaban J connectivity index is 1.34. The molecule has 4 rings (SSSR count). The summed E-state index contributed by atoms with van der Waals surface area (Å²) in [6.45, 7) is 3.78. The smallest absolute Gasteiger partial charge is 0.254 e. The van der Waals surface area contributed by atoms with Crippen LogP contribution in [0.4, 0.5) is 4.39 Å². The van der Waals surface area contributed by atoms with Gasteiger partial charge in [0.05, 0.1) is 0 Å². The normalized spacial score (nSPS) is 30.2. The molecule has 1 aliphatic heterocycles. The fourth-order valence-corrected chi connectivity index (χ4v) is 5.29. The summed E-state index contributed by atoms with van der Waals surface area (Å²) in [5.74, 6) is 0.771. The first-order valence-corrected chi connectivity index (χ1v) is 10.5. The molecule has 2 atom stereocenters. The Morgan fingerprint density at radius 2 is 1.64 bits per heavy atom. The van der Waals surface area contributed by atoms with E-state index in [1.54, 1.807) is 24.0 Å². The number of nitrogens with zero attached hydrogens (tertiary/aromatic N) is 2. The van der Waals surface area contributed by atoms with E-state index in [2.05, 4.69) is 0 Å². The zero-order chi connectivity index (χ0) is 19.8. The minimum absolute atomic E-state index is 0.0866. The van der Waals surface area contributed by atoms with Crippen LogP contribution in [0.5, 0.6) is 0 Å². The fraction of sp³-hybridized carbons (Fsp3) is 0.636. The van der Waals surface area contributed by atoms with E-state index in [0.29, 0.717) is 49.1 Å². The molecule has 3 aliphatic rings. The number of carbonyl (C=O) groups is 2. The summed E-state index contributed by atoms with van der Waals surface area (Å²) in [5, 5.41) is 0. The molecule has 1 aromatic rings. The van der Waals surface area contributed by atoms with E-state index >= 15 is 0 Å². The molecular weight excluding hydrogens is 357 g/mol. The Kier molecular flexibility index (Phi) is 5.41. The first-order chi connectivity index (χ1) is 13.4. The second-order valence-corrected chi connectivity index (χ2v) is 8.78. The standard InChI is InChI=1S/C22H30FN3O2/c1-14-5-6-17(13-19(14)23)21(27)25-7-9-26(10-8-25)22(28)18-11-15-3-2-4-16(12-18)20(15)24/h5-6,13,15-16,18,20H,2-4,7-12,24H2,1H3. The van der Waals surface area contributed by atoms with Crippen molar-refractivity contribution in [3.05, 3.63) is 35.1 Å². The van der Waals surface area contributed by atoms with E-state index < -0.39 is 0 Å². The van der Waals surface area contributed by atoms with Crippen molar-refractivity contribution < 1.29 is 14.0 Å². The van der Waals surface area contributed by atoms with Crippen molar-refractivity contribution in [1.82, 2.24) is 9.80 Å². The lowest BCUT2D eigenvalue weighted by Gasteiger charge is -2.45. The topological polar surface area (TPSA) is 66.6 Å². The van der Waals surface area contributed by atoms with Crippen LogP contribution in [0.25, 0.3) is 0 Å². The van der Waals surface area contributed by atoms with Crippen molar-refractivity contribution in [1.29, 1.82) is 0 Å². The first kappa shape index (κ1) is 19.4. The number of nitrogens with two attached hydrogens (primary N) is 1. The van der Waals surface area contributed by atoms with Crippen molar-refractivity contribution >= 4 is 11.8 Å². The summed E-state index contributed by atoms with van der Waals surface area (Å²) in [5.41, 5.74) is 7.26.